The summed E-state index contributed by atoms with van der Waals surface area (Å²) in [6, 6.07) is 11.5. The van der Waals surface area contributed by atoms with E-state index in [1.165, 1.54) is 18.2 Å². The molecule has 24 heavy (non-hydrogen) atoms. The summed E-state index contributed by atoms with van der Waals surface area (Å²) in [7, 11) is 1.58. The molecule has 1 heterocycles. The first-order valence-corrected chi connectivity index (χ1v) is 8.14. The highest BCUT2D eigenvalue weighted by atomic mass is 35.5. The Morgan fingerprint density at radius 1 is 1.25 bits per heavy atom. The average Bonchev–Trinajstić information content (AvgIpc) is 2.91. The summed E-state index contributed by atoms with van der Waals surface area (Å²) in [6.45, 7) is 0. The minimum absolute atomic E-state index is 0.183. The van der Waals surface area contributed by atoms with E-state index in [9.17, 15) is 9.18 Å². The summed E-state index contributed by atoms with van der Waals surface area (Å²) >= 11 is 7.11. The molecule has 0 aromatic heterocycles. The Morgan fingerprint density at radius 2 is 2.00 bits per heavy atom. The van der Waals surface area contributed by atoms with Gasteiger partial charge in [0.1, 0.15) is 11.6 Å². The fourth-order valence-electron chi connectivity index (χ4n) is 2.03. The molecule has 0 spiro atoms. The van der Waals surface area contributed by atoms with Crippen molar-refractivity contribution in [2.75, 3.05) is 7.11 Å². The maximum Gasteiger partial charge on any atom is 0.264 e. The Hall–Kier alpha value is -2.31. The SMILES string of the molecule is COc1ccc(N=C2NC(=O)C(=Cc3c(F)cccc3Cl)S2)cc1. The lowest BCUT2D eigenvalue weighted by Gasteiger charge is -2.00. The van der Waals surface area contributed by atoms with Crippen LogP contribution in [0, 0.1) is 5.82 Å². The Balaban J connectivity index is 1.85. The topological polar surface area (TPSA) is 50.7 Å². The van der Waals surface area contributed by atoms with Gasteiger partial charge in [0.05, 0.1) is 22.7 Å². The maximum atomic E-state index is 13.8. The van der Waals surface area contributed by atoms with Crippen LogP contribution in [0.15, 0.2) is 52.4 Å². The Labute approximate surface area is 147 Å². The number of hydrogen-bond donors (Lipinski definition) is 1. The van der Waals surface area contributed by atoms with Gasteiger partial charge in [-0.25, -0.2) is 9.38 Å². The van der Waals surface area contributed by atoms with Crippen molar-refractivity contribution in [3.8, 4) is 5.75 Å². The first-order chi connectivity index (χ1) is 11.6. The fourth-order valence-corrected chi connectivity index (χ4v) is 3.08. The number of ether oxygens (including phenoxy) is 1. The van der Waals surface area contributed by atoms with Gasteiger partial charge in [-0.1, -0.05) is 17.7 Å². The van der Waals surface area contributed by atoms with E-state index in [0.29, 0.717) is 15.8 Å². The van der Waals surface area contributed by atoms with Gasteiger partial charge in [0.25, 0.3) is 5.91 Å². The van der Waals surface area contributed by atoms with Crippen LogP contribution in [0.5, 0.6) is 5.75 Å². The third kappa shape index (κ3) is 3.60. The highest BCUT2D eigenvalue weighted by Gasteiger charge is 2.24. The fraction of sp³-hybridized carbons (Fsp3) is 0.0588. The molecule has 1 N–H and O–H groups in total. The van der Waals surface area contributed by atoms with Crippen molar-refractivity contribution < 1.29 is 13.9 Å². The van der Waals surface area contributed by atoms with Crippen molar-refractivity contribution >= 4 is 46.2 Å². The van der Waals surface area contributed by atoms with Gasteiger partial charge in [-0.2, -0.15) is 0 Å². The molecule has 0 bridgehead atoms. The molecule has 1 aliphatic heterocycles. The van der Waals surface area contributed by atoms with Crippen LogP contribution in [-0.4, -0.2) is 18.2 Å². The van der Waals surface area contributed by atoms with E-state index < -0.39 is 5.82 Å². The molecule has 1 saturated heterocycles. The van der Waals surface area contributed by atoms with Crippen molar-refractivity contribution in [3.63, 3.8) is 0 Å². The first-order valence-electron chi connectivity index (χ1n) is 6.94. The van der Waals surface area contributed by atoms with Gasteiger partial charge in [0.15, 0.2) is 5.17 Å². The predicted octanol–water partition coefficient (Wildman–Crippen LogP) is 4.38. The minimum Gasteiger partial charge on any atom is -0.497 e. The Bertz CT molecular complexity index is 830. The van der Waals surface area contributed by atoms with Gasteiger partial charge in [-0.15, -0.1) is 0 Å². The Kier molecular flexibility index (Phi) is 4.87. The zero-order valence-corrected chi connectivity index (χ0v) is 14.1. The van der Waals surface area contributed by atoms with Crippen LogP contribution >= 0.6 is 23.4 Å². The van der Waals surface area contributed by atoms with E-state index in [-0.39, 0.29) is 16.5 Å². The lowest BCUT2D eigenvalue weighted by molar-refractivity contribution is -0.115. The van der Waals surface area contributed by atoms with Crippen LogP contribution in [0.3, 0.4) is 0 Å². The number of aliphatic imine (C=N–C) groups is 1. The molecular formula is C17H12ClFN2O2S. The second-order valence-corrected chi connectivity index (χ2v) is 6.25. The molecule has 1 amide bonds. The number of hydrogen-bond acceptors (Lipinski definition) is 4. The Morgan fingerprint density at radius 3 is 2.67 bits per heavy atom. The monoisotopic (exact) mass is 362 g/mol. The number of nitrogens with one attached hydrogen (secondary N) is 1. The molecule has 0 radical (unpaired) electrons. The van der Waals surface area contributed by atoms with Gasteiger partial charge in [0.2, 0.25) is 0 Å². The van der Waals surface area contributed by atoms with Crippen LogP contribution in [-0.2, 0) is 4.79 Å². The van der Waals surface area contributed by atoms with Crippen molar-refractivity contribution in [1.82, 2.24) is 5.32 Å². The van der Waals surface area contributed by atoms with Crippen molar-refractivity contribution in [2.24, 2.45) is 4.99 Å². The number of amides is 1. The number of nitrogens with zero attached hydrogens (tertiary/aromatic N) is 1. The standard InChI is InChI=1S/C17H12ClFN2O2S/c1-23-11-7-5-10(6-8-11)20-17-21-16(22)15(24-17)9-12-13(18)3-2-4-14(12)19/h2-9H,1H3,(H,20,21,22). The van der Waals surface area contributed by atoms with E-state index >= 15 is 0 Å². The largest absolute Gasteiger partial charge is 0.497 e. The summed E-state index contributed by atoms with van der Waals surface area (Å²) < 4.78 is 18.9. The molecule has 4 nitrogen and oxygen atoms in total. The van der Waals surface area contributed by atoms with Crippen LogP contribution in [0.25, 0.3) is 6.08 Å². The smallest absolute Gasteiger partial charge is 0.264 e. The number of amidine groups is 1. The third-order valence-electron chi connectivity index (χ3n) is 3.23. The predicted molar refractivity (Wildman–Crippen MR) is 95.2 cm³/mol. The first kappa shape index (κ1) is 16.5. The molecular weight excluding hydrogens is 351 g/mol. The molecule has 0 atom stereocenters. The quantitative estimate of drug-likeness (QED) is 0.824. The number of halogens is 2. The zero-order chi connectivity index (χ0) is 17.1. The van der Waals surface area contributed by atoms with Crippen molar-refractivity contribution in [2.45, 2.75) is 0 Å². The average molecular weight is 363 g/mol. The molecule has 0 unspecified atom stereocenters. The molecule has 2 aromatic carbocycles. The van der Waals surface area contributed by atoms with Gasteiger partial charge in [-0.05, 0) is 54.2 Å². The highest BCUT2D eigenvalue weighted by molar-refractivity contribution is 8.18. The van der Waals surface area contributed by atoms with E-state index in [2.05, 4.69) is 10.3 Å². The van der Waals surface area contributed by atoms with Crippen LogP contribution in [0.1, 0.15) is 5.56 Å². The molecule has 122 valence electrons. The maximum absolute atomic E-state index is 13.8. The molecule has 0 saturated carbocycles. The summed E-state index contributed by atoms with van der Waals surface area (Å²) in [5.41, 5.74) is 0.853. The molecule has 3 rings (SSSR count). The van der Waals surface area contributed by atoms with Gasteiger partial charge in [0, 0.05) is 5.56 Å². The van der Waals surface area contributed by atoms with E-state index in [1.54, 1.807) is 37.4 Å². The van der Waals surface area contributed by atoms with E-state index in [4.69, 9.17) is 16.3 Å². The summed E-state index contributed by atoms with van der Waals surface area (Å²) in [6.07, 6.45) is 1.42. The third-order valence-corrected chi connectivity index (χ3v) is 4.47. The van der Waals surface area contributed by atoms with E-state index in [1.807, 2.05) is 0 Å². The normalized spacial score (nSPS) is 17.4. The second-order valence-electron chi connectivity index (χ2n) is 4.82. The van der Waals surface area contributed by atoms with Gasteiger partial charge in [-0.3, -0.25) is 4.79 Å². The number of benzene rings is 2. The van der Waals surface area contributed by atoms with E-state index in [0.717, 1.165) is 17.5 Å². The number of carbonyl (C=O) groups excluding carboxylic acids is 1. The summed E-state index contributed by atoms with van der Waals surface area (Å²) in [5, 5.41) is 3.32. The molecule has 1 fully saturated rings. The van der Waals surface area contributed by atoms with Crippen LogP contribution < -0.4 is 10.1 Å². The number of methoxy groups -OCH3 is 1. The molecule has 1 aliphatic rings. The lowest BCUT2D eigenvalue weighted by Crippen LogP contribution is -2.19. The molecule has 0 aliphatic carbocycles. The van der Waals surface area contributed by atoms with Crippen LogP contribution in [0.2, 0.25) is 5.02 Å². The second kappa shape index (κ2) is 7.07. The molecule has 2 aromatic rings. The number of thioether (sulfide) groups is 1. The van der Waals surface area contributed by atoms with Crippen LogP contribution in [0.4, 0.5) is 10.1 Å². The summed E-state index contributed by atoms with van der Waals surface area (Å²) in [4.78, 5) is 16.7. The van der Waals surface area contributed by atoms with Crippen molar-refractivity contribution in [3.05, 3.63) is 63.8 Å². The van der Waals surface area contributed by atoms with Crippen molar-refractivity contribution in [1.29, 1.82) is 0 Å². The zero-order valence-electron chi connectivity index (χ0n) is 12.5. The van der Waals surface area contributed by atoms with Gasteiger partial charge < -0.3 is 10.1 Å². The summed E-state index contributed by atoms with van der Waals surface area (Å²) in [5.74, 6) is -0.104. The lowest BCUT2D eigenvalue weighted by atomic mass is 10.2. The minimum atomic E-state index is -0.482. The number of carbonyl (C=O) groups is 1. The molecule has 7 heteroatoms. The highest BCUT2D eigenvalue weighted by Crippen LogP contribution is 2.31. The van der Waals surface area contributed by atoms with Gasteiger partial charge >= 0.3 is 0 Å². The number of rotatable bonds is 3.